The van der Waals surface area contributed by atoms with Crippen LogP contribution in [-0.4, -0.2) is 21.4 Å². The van der Waals surface area contributed by atoms with Crippen molar-refractivity contribution in [1.82, 2.24) is 10.2 Å². The van der Waals surface area contributed by atoms with Gasteiger partial charge in [0.1, 0.15) is 5.01 Å². The van der Waals surface area contributed by atoms with Crippen LogP contribution >= 0.6 is 23.1 Å². The Bertz CT molecular complexity index is 644. The maximum Gasteiger partial charge on any atom is 0.237 e. The Hall–Kier alpha value is -1.40. The maximum absolute atomic E-state index is 12.2. The topological polar surface area (TPSA) is 54.9 Å². The zero-order valence-corrected chi connectivity index (χ0v) is 15.1. The number of nitrogens with zero attached hydrogens (tertiary/aromatic N) is 2. The fourth-order valence-electron chi connectivity index (χ4n) is 1.83. The van der Waals surface area contributed by atoms with Crippen LogP contribution in [0.15, 0.2) is 28.6 Å². The number of carbonyl (C=O) groups excluding carboxylic acids is 1. The van der Waals surface area contributed by atoms with Crippen molar-refractivity contribution in [3.63, 3.8) is 0 Å². The van der Waals surface area contributed by atoms with Gasteiger partial charge in [-0.15, -0.1) is 10.2 Å². The summed E-state index contributed by atoms with van der Waals surface area (Å²) >= 11 is 2.94. The van der Waals surface area contributed by atoms with Crippen LogP contribution in [0.3, 0.4) is 0 Å². The highest BCUT2D eigenvalue weighted by molar-refractivity contribution is 8.02. The van der Waals surface area contributed by atoms with Crippen molar-refractivity contribution in [3.05, 3.63) is 34.8 Å². The summed E-state index contributed by atoms with van der Waals surface area (Å²) in [5.41, 5.74) is 2.18. The van der Waals surface area contributed by atoms with Gasteiger partial charge in [-0.3, -0.25) is 4.79 Å². The Morgan fingerprint density at radius 1 is 1.23 bits per heavy atom. The van der Waals surface area contributed by atoms with Crippen molar-refractivity contribution in [2.75, 3.05) is 5.32 Å². The smallest absolute Gasteiger partial charge is 0.237 e. The molecule has 4 nitrogen and oxygen atoms in total. The second-order valence-corrected chi connectivity index (χ2v) is 8.93. The summed E-state index contributed by atoms with van der Waals surface area (Å²) in [5, 5.41) is 11.6. The van der Waals surface area contributed by atoms with Crippen LogP contribution in [0.4, 0.5) is 5.69 Å². The summed E-state index contributed by atoms with van der Waals surface area (Å²) in [4.78, 5) is 12.2. The van der Waals surface area contributed by atoms with Crippen LogP contribution in [0.5, 0.6) is 0 Å². The van der Waals surface area contributed by atoms with Crippen LogP contribution in [0.1, 0.15) is 38.3 Å². The predicted molar refractivity (Wildman–Crippen MR) is 93.7 cm³/mol. The van der Waals surface area contributed by atoms with Crippen molar-refractivity contribution < 1.29 is 4.79 Å². The van der Waals surface area contributed by atoms with Crippen LogP contribution in [0.25, 0.3) is 0 Å². The van der Waals surface area contributed by atoms with Gasteiger partial charge >= 0.3 is 0 Å². The van der Waals surface area contributed by atoms with Crippen molar-refractivity contribution in [2.24, 2.45) is 0 Å². The second kappa shape index (κ2) is 6.79. The second-order valence-electron chi connectivity index (χ2n) is 6.16. The molecule has 0 aliphatic rings. The zero-order valence-electron chi connectivity index (χ0n) is 13.5. The summed E-state index contributed by atoms with van der Waals surface area (Å²) in [5.74, 6) is -0.0265. The van der Waals surface area contributed by atoms with E-state index in [2.05, 4.69) is 48.4 Å². The quantitative estimate of drug-likeness (QED) is 0.848. The fourth-order valence-corrected chi connectivity index (χ4v) is 3.79. The molecule has 22 heavy (non-hydrogen) atoms. The van der Waals surface area contributed by atoms with E-state index >= 15 is 0 Å². The van der Waals surface area contributed by atoms with E-state index in [9.17, 15) is 4.79 Å². The van der Waals surface area contributed by atoms with Crippen LogP contribution in [-0.2, 0) is 10.2 Å². The normalized spacial score (nSPS) is 13.0. The molecule has 1 amide bonds. The Balaban J connectivity index is 1.96. The molecule has 2 rings (SSSR count). The molecular weight excluding hydrogens is 314 g/mol. The monoisotopic (exact) mass is 335 g/mol. The Labute approximate surface area is 139 Å². The Morgan fingerprint density at radius 3 is 2.36 bits per heavy atom. The van der Waals surface area contributed by atoms with Gasteiger partial charge in [0, 0.05) is 5.69 Å². The number of carbonyl (C=O) groups is 1. The summed E-state index contributed by atoms with van der Waals surface area (Å²) in [7, 11) is 0. The van der Waals surface area contributed by atoms with Gasteiger partial charge in [-0.25, -0.2) is 0 Å². The number of aryl methyl sites for hydroxylation is 1. The fraction of sp³-hybridized carbons (Fsp3) is 0.438. The first-order chi connectivity index (χ1) is 10.3. The number of thioether (sulfide) groups is 1. The predicted octanol–water partition coefficient (Wildman–Crippen LogP) is 4.26. The molecule has 1 aromatic carbocycles. The molecule has 0 spiro atoms. The molecule has 0 radical (unpaired) electrons. The molecule has 0 saturated carbocycles. The maximum atomic E-state index is 12.2. The van der Waals surface area contributed by atoms with E-state index in [-0.39, 0.29) is 16.6 Å². The van der Waals surface area contributed by atoms with Crippen molar-refractivity contribution in [3.8, 4) is 0 Å². The molecular formula is C16H21N3OS2. The summed E-state index contributed by atoms with van der Waals surface area (Å²) in [6.07, 6.45) is 0. The van der Waals surface area contributed by atoms with Crippen LogP contribution in [0.2, 0.25) is 0 Å². The summed E-state index contributed by atoms with van der Waals surface area (Å²) < 4.78 is 0.822. The molecule has 2 aromatic rings. The number of benzene rings is 1. The Kier molecular flexibility index (Phi) is 5.24. The first-order valence-corrected chi connectivity index (χ1v) is 8.83. The molecule has 0 aliphatic heterocycles. The standard InChI is InChI=1S/C16H21N3OS2/c1-10(21-15-19-18-11(2)22-15)14(20)17-13-8-6-12(7-9-13)16(3,4)5/h6-10H,1-5H3,(H,17,20). The Morgan fingerprint density at radius 2 is 1.86 bits per heavy atom. The van der Waals surface area contributed by atoms with Gasteiger partial charge in [0.05, 0.1) is 5.25 Å². The zero-order chi connectivity index (χ0) is 16.3. The molecule has 0 aliphatic carbocycles. The lowest BCUT2D eigenvalue weighted by atomic mass is 9.87. The van der Waals surface area contributed by atoms with Gasteiger partial charge in [-0.1, -0.05) is 56.0 Å². The number of rotatable bonds is 4. The summed E-state index contributed by atoms with van der Waals surface area (Å²) in [6.45, 7) is 10.3. The number of anilines is 1. The van der Waals surface area contributed by atoms with Crippen LogP contribution < -0.4 is 5.32 Å². The van der Waals surface area contributed by atoms with Gasteiger partial charge in [0.15, 0.2) is 4.34 Å². The molecule has 1 heterocycles. The van der Waals surface area contributed by atoms with Gasteiger partial charge in [-0.05, 0) is 37.0 Å². The first kappa shape index (κ1) is 17.0. The minimum atomic E-state index is -0.213. The van der Waals surface area contributed by atoms with Crippen LogP contribution in [0, 0.1) is 6.92 Å². The number of amides is 1. The highest BCUT2D eigenvalue weighted by atomic mass is 32.2. The van der Waals surface area contributed by atoms with Gasteiger partial charge in [-0.2, -0.15) is 0 Å². The van der Waals surface area contributed by atoms with Gasteiger partial charge in [0.2, 0.25) is 5.91 Å². The average molecular weight is 335 g/mol. The molecule has 1 aromatic heterocycles. The lowest BCUT2D eigenvalue weighted by molar-refractivity contribution is -0.115. The number of nitrogens with one attached hydrogen (secondary N) is 1. The molecule has 118 valence electrons. The summed E-state index contributed by atoms with van der Waals surface area (Å²) in [6, 6.07) is 8.01. The molecule has 6 heteroatoms. The number of hydrogen-bond donors (Lipinski definition) is 1. The minimum absolute atomic E-state index is 0.0265. The number of hydrogen-bond acceptors (Lipinski definition) is 5. The van der Waals surface area contributed by atoms with Crippen molar-refractivity contribution >= 4 is 34.7 Å². The highest BCUT2D eigenvalue weighted by Crippen LogP contribution is 2.27. The van der Waals surface area contributed by atoms with E-state index < -0.39 is 0 Å². The molecule has 1 atom stereocenters. The van der Waals surface area contributed by atoms with E-state index in [0.717, 1.165) is 15.0 Å². The van der Waals surface area contributed by atoms with E-state index in [0.29, 0.717) is 0 Å². The van der Waals surface area contributed by atoms with Crippen molar-refractivity contribution in [2.45, 2.75) is 49.6 Å². The highest BCUT2D eigenvalue weighted by Gasteiger charge is 2.17. The number of aromatic nitrogens is 2. The van der Waals surface area contributed by atoms with E-state index in [4.69, 9.17) is 0 Å². The van der Waals surface area contributed by atoms with E-state index in [1.807, 2.05) is 26.0 Å². The van der Waals surface area contributed by atoms with Gasteiger partial charge in [0.25, 0.3) is 0 Å². The van der Waals surface area contributed by atoms with E-state index in [1.54, 1.807) is 0 Å². The average Bonchev–Trinajstić information content (AvgIpc) is 2.83. The lowest BCUT2D eigenvalue weighted by Gasteiger charge is -2.19. The molecule has 0 saturated heterocycles. The third kappa shape index (κ3) is 4.55. The minimum Gasteiger partial charge on any atom is -0.325 e. The lowest BCUT2D eigenvalue weighted by Crippen LogP contribution is -2.22. The largest absolute Gasteiger partial charge is 0.325 e. The SMILES string of the molecule is Cc1nnc(SC(C)C(=O)Nc2ccc(C(C)(C)C)cc2)s1. The third-order valence-corrected chi connectivity index (χ3v) is 5.20. The molecule has 1 unspecified atom stereocenters. The van der Waals surface area contributed by atoms with Crippen molar-refractivity contribution in [1.29, 1.82) is 0 Å². The molecule has 1 N–H and O–H groups in total. The van der Waals surface area contributed by atoms with E-state index in [1.165, 1.54) is 28.7 Å². The molecule has 0 bridgehead atoms. The molecule has 0 fully saturated rings. The first-order valence-electron chi connectivity index (χ1n) is 7.14. The van der Waals surface area contributed by atoms with Gasteiger partial charge < -0.3 is 5.32 Å². The third-order valence-electron chi connectivity index (χ3n) is 3.17.